The van der Waals surface area contributed by atoms with Crippen LogP contribution in [0.5, 0.6) is 0 Å². The summed E-state index contributed by atoms with van der Waals surface area (Å²) in [4.78, 5) is 27.1. The SMILES string of the molecule is COCCOCNC(=O)N1CCN(C(=O)OC(C)(C)C)CC1. The van der Waals surface area contributed by atoms with Crippen molar-refractivity contribution in [3.8, 4) is 0 Å². The number of urea groups is 1. The van der Waals surface area contributed by atoms with Gasteiger partial charge in [0.15, 0.2) is 0 Å². The minimum absolute atomic E-state index is 0.147. The predicted octanol–water partition coefficient (Wildman–Crippen LogP) is 0.869. The highest BCUT2D eigenvalue weighted by atomic mass is 16.6. The van der Waals surface area contributed by atoms with Crippen LogP contribution in [0.15, 0.2) is 0 Å². The van der Waals surface area contributed by atoms with Crippen LogP contribution in [0.4, 0.5) is 9.59 Å². The number of hydrogen-bond acceptors (Lipinski definition) is 5. The molecule has 0 aromatic carbocycles. The van der Waals surface area contributed by atoms with Crippen molar-refractivity contribution in [2.24, 2.45) is 0 Å². The van der Waals surface area contributed by atoms with Crippen molar-refractivity contribution in [1.82, 2.24) is 15.1 Å². The fourth-order valence-corrected chi connectivity index (χ4v) is 1.86. The predicted molar refractivity (Wildman–Crippen MR) is 80.6 cm³/mol. The van der Waals surface area contributed by atoms with Crippen LogP contribution in [0.25, 0.3) is 0 Å². The van der Waals surface area contributed by atoms with Crippen LogP contribution in [-0.2, 0) is 14.2 Å². The van der Waals surface area contributed by atoms with Crippen molar-refractivity contribution in [2.45, 2.75) is 26.4 Å². The Hall–Kier alpha value is -1.54. The van der Waals surface area contributed by atoms with Gasteiger partial charge >= 0.3 is 12.1 Å². The molecule has 3 amide bonds. The van der Waals surface area contributed by atoms with Crippen molar-refractivity contribution in [2.75, 3.05) is 53.2 Å². The molecule has 128 valence electrons. The molecule has 22 heavy (non-hydrogen) atoms. The monoisotopic (exact) mass is 317 g/mol. The van der Waals surface area contributed by atoms with E-state index in [1.807, 2.05) is 20.8 Å². The fourth-order valence-electron chi connectivity index (χ4n) is 1.86. The van der Waals surface area contributed by atoms with E-state index < -0.39 is 5.60 Å². The third-order valence-electron chi connectivity index (χ3n) is 2.98. The number of rotatable bonds is 5. The number of nitrogens with one attached hydrogen (secondary N) is 1. The molecule has 0 aromatic heterocycles. The highest BCUT2D eigenvalue weighted by Gasteiger charge is 2.27. The molecule has 0 bridgehead atoms. The van der Waals surface area contributed by atoms with Gasteiger partial charge in [0.25, 0.3) is 0 Å². The third-order valence-corrected chi connectivity index (χ3v) is 2.98. The molecule has 0 atom stereocenters. The molecule has 0 saturated carbocycles. The normalized spacial score (nSPS) is 15.6. The number of methoxy groups -OCH3 is 1. The Labute approximate surface area is 131 Å². The van der Waals surface area contributed by atoms with E-state index in [0.29, 0.717) is 39.4 Å². The number of amides is 3. The number of carbonyl (C=O) groups excluding carboxylic acids is 2. The summed E-state index contributed by atoms with van der Waals surface area (Å²) in [5, 5.41) is 2.67. The minimum Gasteiger partial charge on any atom is -0.444 e. The second-order valence-electron chi connectivity index (χ2n) is 5.98. The second-order valence-corrected chi connectivity index (χ2v) is 5.98. The first-order valence-electron chi connectivity index (χ1n) is 7.41. The second kappa shape index (κ2) is 8.79. The number of carbonyl (C=O) groups is 2. The zero-order valence-corrected chi connectivity index (χ0v) is 13.9. The number of ether oxygens (including phenoxy) is 3. The van der Waals surface area contributed by atoms with E-state index in [1.165, 1.54) is 0 Å². The van der Waals surface area contributed by atoms with E-state index >= 15 is 0 Å². The summed E-state index contributed by atoms with van der Waals surface area (Å²) in [6.45, 7) is 8.45. The van der Waals surface area contributed by atoms with Crippen LogP contribution in [-0.4, -0.2) is 80.8 Å². The largest absolute Gasteiger partial charge is 0.444 e. The topological polar surface area (TPSA) is 80.3 Å². The van der Waals surface area contributed by atoms with E-state index in [0.717, 1.165) is 0 Å². The Morgan fingerprint density at radius 3 is 2.18 bits per heavy atom. The quantitative estimate of drug-likeness (QED) is 0.601. The molecule has 0 radical (unpaired) electrons. The smallest absolute Gasteiger partial charge is 0.410 e. The molecule has 1 rings (SSSR count). The first kappa shape index (κ1) is 18.5. The van der Waals surface area contributed by atoms with Crippen molar-refractivity contribution < 1.29 is 23.8 Å². The molecular formula is C14H27N3O5. The molecule has 1 aliphatic rings. The van der Waals surface area contributed by atoms with E-state index in [-0.39, 0.29) is 18.9 Å². The maximum Gasteiger partial charge on any atom is 0.410 e. The summed E-state index contributed by atoms with van der Waals surface area (Å²) < 4.78 is 15.3. The Balaban J connectivity index is 2.24. The van der Waals surface area contributed by atoms with Crippen molar-refractivity contribution in [1.29, 1.82) is 0 Å². The standard InChI is InChI=1S/C14H27N3O5/c1-14(2,3)22-13(19)17-7-5-16(6-8-17)12(18)15-11-21-10-9-20-4/h5-11H2,1-4H3,(H,15,18). The fraction of sp³-hybridized carbons (Fsp3) is 0.857. The highest BCUT2D eigenvalue weighted by molar-refractivity contribution is 5.74. The third kappa shape index (κ3) is 6.95. The molecule has 8 nitrogen and oxygen atoms in total. The zero-order chi connectivity index (χ0) is 16.6. The van der Waals surface area contributed by atoms with Crippen LogP contribution in [0.1, 0.15) is 20.8 Å². The van der Waals surface area contributed by atoms with Crippen LogP contribution in [0.2, 0.25) is 0 Å². The van der Waals surface area contributed by atoms with E-state index in [9.17, 15) is 9.59 Å². The lowest BCUT2D eigenvalue weighted by Gasteiger charge is -2.35. The van der Waals surface area contributed by atoms with Crippen molar-refractivity contribution in [3.05, 3.63) is 0 Å². The van der Waals surface area contributed by atoms with Gasteiger partial charge in [-0.1, -0.05) is 0 Å². The van der Waals surface area contributed by atoms with Gasteiger partial charge in [-0.2, -0.15) is 0 Å². The minimum atomic E-state index is -0.509. The van der Waals surface area contributed by atoms with Gasteiger partial charge in [0, 0.05) is 33.3 Å². The van der Waals surface area contributed by atoms with Crippen LogP contribution < -0.4 is 5.32 Å². The molecule has 1 fully saturated rings. The lowest BCUT2D eigenvalue weighted by atomic mass is 10.2. The lowest BCUT2D eigenvalue weighted by molar-refractivity contribution is 0.0162. The summed E-state index contributed by atoms with van der Waals surface area (Å²) in [6.07, 6.45) is -0.338. The number of nitrogens with zero attached hydrogens (tertiary/aromatic N) is 2. The van der Waals surface area contributed by atoms with Gasteiger partial charge < -0.3 is 29.3 Å². The summed E-state index contributed by atoms with van der Waals surface area (Å²) in [6, 6.07) is -0.193. The van der Waals surface area contributed by atoms with E-state index in [2.05, 4.69) is 5.32 Å². The first-order valence-corrected chi connectivity index (χ1v) is 7.41. The Kier molecular flexibility index (Phi) is 7.40. The Morgan fingerprint density at radius 1 is 1.05 bits per heavy atom. The summed E-state index contributed by atoms with van der Waals surface area (Å²) in [5.74, 6) is 0. The van der Waals surface area contributed by atoms with Crippen molar-refractivity contribution >= 4 is 12.1 Å². The van der Waals surface area contributed by atoms with Gasteiger partial charge in [-0.05, 0) is 20.8 Å². The molecule has 0 spiro atoms. The maximum absolute atomic E-state index is 11.9. The average Bonchev–Trinajstić information content (AvgIpc) is 2.45. The van der Waals surface area contributed by atoms with Gasteiger partial charge in [0.2, 0.25) is 0 Å². The molecule has 8 heteroatoms. The molecule has 1 saturated heterocycles. The zero-order valence-electron chi connectivity index (χ0n) is 13.9. The molecular weight excluding hydrogens is 290 g/mol. The summed E-state index contributed by atoms with van der Waals surface area (Å²) >= 11 is 0. The van der Waals surface area contributed by atoms with Gasteiger partial charge in [-0.25, -0.2) is 9.59 Å². The van der Waals surface area contributed by atoms with Gasteiger partial charge in [-0.3, -0.25) is 0 Å². The Morgan fingerprint density at radius 2 is 1.64 bits per heavy atom. The molecule has 0 aromatic rings. The van der Waals surface area contributed by atoms with Crippen LogP contribution >= 0.6 is 0 Å². The van der Waals surface area contributed by atoms with Gasteiger partial charge in [-0.15, -0.1) is 0 Å². The van der Waals surface area contributed by atoms with Crippen LogP contribution in [0.3, 0.4) is 0 Å². The molecule has 0 unspecified atom stereocenters. The average molecular weight is 317 g/mol. The van der Waals surface area contributed by atoms with Crippen LogP contribution in [0, 0.1) is 0 Å². The summed E-state index contributed by atoms with van der Waals surface area (Å²) in [5.41, 5.74) is -0.509. The maximum atomic E-state index is 11.9. The van der Waals surface area contributed by atoms with E-state index in [1.54, 1.807) is 16.9 Å². The number of hydrogen-bond donors (Lipinski definition) is 1. The van der Waals surface area contributed by atoms with E-state index in [4.69, 9.17) is 14.2 Å². The lowest BCUT2D eigenvalue weighted by Crippen LogP contribution is -2.54. The van der Waals surface area contributed by atoms with Gasteiger partial charge in [0.05, 0.1) is 13.2 Å². The first-order chi connectivity index (χ1) is 10.3. The molecule has 0 aliphatic carbocycles. The van der Waals surface area contributed by atoms with Crippen molar-refractivity contribution in [3.63, 3.8) is 0 Å². The van der Waals surface area contributed by atoms with Gasteiger partial charge in [0.1, 0.15) is 12.3 Å². The Bertz CT molecular complexity index is 362. The number of piperazine rings is 1. The summed E-state index contributed by atoms with van der Waals surface area (Å²) in [7, 11) is 1.59. The molecule has 1 aliphatic heterocycles. The molecule has 1 heterocycles. The molecule has 1 N–H and O–H groups in total. The highest BCUT2D eigenvalue weighted by Crippen LogP contribution is 2.11.